The highest BCUT2D eigenvalue weighted by molar-refractivity contribution is 6.50. The standard InChI is InChI=1S/C22H22Cl4N2O4/c1-27-21(29)19(28-30-2)16-6-4-3-5-13(16)12-32-20-17(23)9-15(10-18(20)24)31-8-7-14-11-22(14,25)26/h3-6,9-10,14H,7-8,11-12H2,1-2H3,(H,27,29)/b28-19+. The number of carbonyl (C=O) groups excluding carboxylic acids is 1. The van der Waals surface area contributed by atoms with Crippen LogP contribution in [0.1, 0.15) is 24.0 Å². The molecular weight excluding hydrogens is 498 g/mol. The molecule has 172 valence electrons. The number of oxime groups is 1. The first-order valence-corrected chi connectivity index (χ1v) is 11.3. The third kappa shape index (κ3) is 6.13. The molecule has 6 nitrogen and oxygen atoms in total. The lowest BCUT2D eigenvalue weighted by Gasteiger charge is -2.15. The molecule has 1 amide bonds. The van der Waals surface area contributed by atoms with Crippen LogP contribution in [-0.4, -0.2) is 36.7 Å². The van der Waals surface area contributed by atoms with E-state index in [4.69, 9.17) is 60.7 Å². The molecule has 1 atom stereocenters. The van der Waals surface area contributed by atoms with E-state index in [1.54, 1.807) is 24.3 Å². The maximum atomic E-state index is 12.2. The highest BCUT2D eigenvalue weighted by Gasteiger charge is 2.50. The molecular formula is C22H22Cl4N2O4. The average Bonchev–Trinajstić information content (AvgIpc) is 3.37. The molecule has 0 heterocycles. The van der Waals surface area contributed by atoms with Crippen molar-refractivity contribution in [1.29, 1.82) is 0 Å². The van der Waals surface area contributed by atoms with Crippen LogP contribution in [0, 0.1) is 5.92 Å². The number of hydrogen-bond donors (Lipinski definition) is 1. The Kier molecular flexibility index (Phi) is 8.39. The number of benzene rings is 2. The van der Waals surface area contributed by atoms with Crippen LogP contribution in [0.5, 0.6) is 11.5 Å². The van der Waals surface area contributed by atoms with Gasteiger partial charge in [0.1, 0.15) is 23.8 Å². The summed E-state index contributed by atoms with van der Waals surface area (Å²) < 4.78 is 11.0. The summed E-state index contributed by atoms with van der Waals surface area (Å²) in [6.07, 6.45) is 1.51. The second kappa shape index (κ2) is 10.8. The molecule has 1 aliphatic carbocycles. The van der Waals surface area contributed by atoms with E-state index >= 15 is 0 Å². The molecule has 1 saturated carbocycles. The molecule has 0 saturated heterocycles. The van der Waals surface area contributed by atoms with Crippen molar-refractivity contribution < 1.29 is 19.1 Å². The van der Waals surface area contributed by atoms with E-state index in [1.165, 1.54) is 14.2 Å². The summed E-state index contributed by atoms with van der Waals surface area (Å²) in [7, 11) is 2.89. The van der Waals surface area contributed by atoms with E-state index in [0.717, 1.165) is 12.8 Å². The molecule has 1 fully saturated rings. The first-order valence-electron chi connectivity index (χ1n) is 9.80. The lowest BCUT2D eigenvalue weighted by atomic mass is 10.0. The Morgan fingerprint density at radius 1 is 1.19 bits per heavy atom. The number of nitrogens with one attached hydrogen (secondary N) is 1. The van der Waals surface area contributed by atoms with Crippen molar-refractivity contribution >= 4 is 58.0 Å². The number of likely N-dealkylation sites (N-methyl/N-ethyl adjacent to an activating group) is 1. The Morgan fingerprint density at radius 3 is 2.44 bits per heavy atom. The molecule has 3 rings (SSSR count). The average molecular weight is 520 g/mol. The molecule has 10 heteroatoms. The van der Waals surface area contributed by atoms with Gasteiger partial charge in [-0.2, -0.15) is 0 Å². The van der Waals surface area contributed by atoms with Crippen molar-refractivity contribution in [2.24, 2.45) is 11.1 Å². The first-order chi connectivity index (χ1) is 15.3. The Morgan fingerprint density at radius 2 is 1.84 bits per heavy atom. The number of ether oxygens (including phenoxy) is 2. The van der Waals surface area contributed by atoms with Gasteiger partial charge < -0.3 is 19.6 Å². The van der Waals surface area contributed by atoms with Crippen LogP contribution in [0.25, 0.3) is 0 Å². The number of halogens is 4. The van der Waals surface area contributed by atoms with Crippen molar-refractivity contribution in [2.75, 3.05) is 20.8 Å². The summed E-state index contributed by atoms with van der Waals surface area (Å²) >= 11 is 24.8. The van der Waals surface area contributed by atoms with Crippen LogP contribution in [-0.2, 0) is 16.2 Å². The fourth-order valence-corrected chi connectivity index (χ4v) is 4.28. The molecule has 1 N–H and O–H groups in total. The minimum atomic E-state index is -0.627. The quantitative estimate of drug-likeness (QED) is 0.251. The van der Waals surface area contributed by atoms with E-state index in [0.29, 0.717) is 39.3 Å². The van der Waals surface area contributed by atoms with Gasteiger partial charge in [0.05, 0.1) is 16.7 Å². The van der Waals surface area contributed by atoms with Crippen LogP contribution in [0.4, 0.5) is 0 Å². The second-order valence-corrected chi connectivity index (χ2v) is 9.52. The largest absolute Gasteiger partial charge is 0.493 e. The van der Waals surface area contributed by atoms with E-state index in [-0.39, 0.29) is 24.1 Å². The Hall–Kier alpha value is -1.86. The van der Waals surface area contributed by atoms with E-state index in [2.05, 4.69) is 10.5 Å². The first kappa shape index (κ1) is 24.8. The molecule has 0 spiro atoms. The van der Waals surface area contributed by atoms with E-state index in [9.17, 15) is 4.79 Å². The molecule has 1 aliphatic rings. The van der Waals surface area contributed by atoms with Crippen LogP contribution >= 0.6 is 46.4 Å². The number of rotatable bonds is 10. The van der Waals surface area contributed by atoms with Gasteiger partial charge in [-0.1, -0.05) is 52.6 Å². The lowest BCUT2D eigenvalue weighted by molar-refractivity contribution is -0.114. The third-order valence-electron chi connectivity index (χ3n) is 4.93. The zero-order valence-corrected chi connectivity index (χ0v) is 20.5. The Labute approximate surface area is 206 Å². The van der Waals surface area contributed by atoms with Crippen molar-refractivity contribution in [1.82, 2.24) is 5.32 Å². The zero-order chi connectivity index (χ0) is 23.3. The molecule has 2 aromatic carbocycles. The maximum Gasteiger partial charge on any atom is 0.273 e. The Bertz CT molecular complexity index is 990. The van der Waals surface area contributed by atoms with Crippen molar-refractivity contribution in [2.45, 2.75) is 23.8 Å². The van der Waals surface area contributed by atoms with Crippen LogP contribution in [0.2, 0.25) is 10.0 Å². The summed E-state index contributed by atoms with van der Waals surface area (Å²) in [6.45, 7) is 0.554. The van der Waals surface area contributed by atoms with Gasteiger partial charge >= 0.3 is 0 Å². The number of hydrogen-bond acceptors (Lipinski definition) is 5. The number of amides is 1. The van der Waals surface area contributed by atoms with Gasteiger partial charge in [0, 0.05) is 24.7 Å². The summed E-state index contributed by atoms with van der Waals surface area (Å²) in [5.74, 6) is 0.685. The third-order valence-corrected chi connectivity index (χ3v) is 6.42. The van der Waals surface area contributed by atoms with Gasteiger partial charge in [-0.15, -0.1) is 23.2 Å². The van der Waals surface area contributed by atoms with Gasteiger partial charge in [-0.05, 0) is 24.3 Å². The highest BCUT2D eigenvalue weighted by Crippen LogP contribution is 2.54. The molecule has 0 bridgehead atoms. The fourth-order valence-electron chi connectivity index (χ4n) is 3.11. The molecule has 32 heavy (non-hydrogen) atoms. The summed E-state index contributed by atoms with van der Waals surface area (Å²) in [4.78, 5) is 17.0. The minimum Gasteiger partial charge on any atom is -0.493 e. The fraction of sp³-hybridized carbons (Fsp3) is 0.364. The lowest BCUT2D eigenvalue weighted by Crippen LogP contribution is -2.29. The van der Waals surface area contributed by atoms with Crippen molar-refractivity contribution in [3.8, 4) is 11.5 Å². The van der Waals surface area contributed by atoms with Crippen LogP contribution in [0.3, 0.4) is 0 Å². The number of nitrogens with zero attached hydrogens (tertiary/aromatic N) is 1. The SMILES string of the molecule is CNC(=O)/C(=N/OC)c1ccccc1COc1c(Cl)cc(OCCC2CC2(Cl)Cl)cc1Cl. The molecule has 0 aromatic heterocycles. The monoisotopic (exact) mass is 518 g/mol. The van der Waals surface area contributed by atoms with Crippen molar-refractivity contribution in [3.05, 3.63) is 57.6 Å². The number of carbonyl (C=O) groups is 1. The molecule has 0 aliphatic heterocycles. The predicted octanol–water partition coefficient (Wildman–Crippen LogP) is 5.63. The normalized spacial score (nSPS) is 16.9. The van der Waals surface area contributed by atoms with Crippen LogP contribution in [0.15, 0.2) is 41.6 Å². The second-order valence-electron chi connectivity index (χ2n) is 7.16. The van der Waals surface area contributed by atoms with Gasteiger partial charge in [0.25, 0.3) is 5.91 Å². The predicted molar refractivity (Wildman–Crippen MR) is 128 cm³/mol. The molecule has 0 radical (unpaired) electrons. The van der Waals surface area contributed by atoms with E-state index in [1.807, 2.05) is 12.1 Å². The topological polar surface area (TPSA) is 69.2 Å². The number of alkyl halides is 2. The van der Waals surface area contributed by atoms with Gasteiger partial charge in [-0.3, -0.25) is 4.79 Å². The van der Waals surface area contributed by atoms with Gasteiger partial charge in [0.15, 0.2) is 11.5 Å². The van der Waals surface area contributed by atoms with Crippen LogP contribution < -0.4 is 14.8 Å². The van der Waals surface area contributed by atoms with Gasteiger partial charge in [-0.25, -0.2) is 0 Å². The highest BCUT2D eigenvalue weighted by atomic mass is 35.5. The summed E-state index contributed by atoms with van der Waals surface area (Å²) in [6, 6.07) is 10.5. The van der Waals surface area contributed by atoms with Crippen molar-refractivity contribution in [3.63, 3.8) is 0 Å². The molecule has 2 aromatic rings. The van der Waals surface area contributed by atoms with E-state index < -0.39 is 4.33 Å². The minimum absolute atomic E-state index is 0.102. The Balaban J connectivity index is 1.69. The zero-order valence-electron chi connectivity index (χ0n) is 17.5. The molecule has 1 unspecified atom stereocenters. The van der Waals surface area contributed by atoms with Gasteiger partial charge in [0.2, 0.25) is 0 Å². The smallest absolute Gasteiger partial charge is 0.273 e. The summed E-state index contributed by atoms with van der Waals surface area (Å²) in [5, 5.41) is 7.00. The summed E-state index contributed by atoms with van der Waals surface area (Å²) in [5.41, 5.74) is 1.40. The maximum absolute atomic E-state index is 12.2.